The van der Waals surface area contributed by atoms with Gasteiger partial charge in [0.25, 0.3) is 0 Å². The van der Waals surface area contributed by atoms with Crippen molar-refractivity contribution in [3.05, 3.63) is 29.8 Å². The lowest BCUT2D eigenvalue weighted by Gasteiger charge is -2.14. The Bertz CT molecular complexity index is 331. The van der Waals surface area contributed by atoms with Crippen LogP contribution in [0.4, 0.5) is 0 Å². The fourth-order valence-corrected chi connectivity index (χ4v) is 1.23. The Kier molecular flexibility index (Phi) is 4.79. The fourth-order valence-electron chi connectivity index (χ4n) is 1.23. The second kappa shape index (κ2) is 6.12. The lowest BCUT2D eigenvalue weighted by atomic mass is 10.2. The fraction of sp³-hybridized carbons (Fsp3) is 0.417. The van der Waals surface area contributed by atoms with Gasteiger partial charge in [-0.25, -0.2) is 4.79 Å². The summed E-state index contributed by atoms with van der Waals surface area (Å²) >= 11 is 0. The van der Waals surface area contributed by atoms with Gasteiger partial charge in [0.05, 0.1) is 12.2 Å². The SMILES string of the molecule is CCOCC(C)Oc1ccc(C(=O)O)cc1. The number of carboxylic acids is 1. The minimum absolute atomic E-state index is 0.0457. The molecule has 0 bridgehead atoms. The zero-order chi connectivity index (χ0) is 12.0. The lowest BCUT2D eigenvalue weighted by molar-refractivity contribution is 0.0655. The van der Waals surface area contributed by atoms with E-state index in [-0.39, 0.29) is 11.7 Å². The molecule has 1 aromatic rings. The van der Waals surface area contributed by atoms with Gasteiger partial charge in [0, 0.05) is 6.61 Å². The predicted octanol–water partition coefficient (Wildman–Crippen LogP) is 2.19. The molecule has 0 saturated heterocycles. The van der Waals surface area contributed by atoms with Crippen molar-refractivity contribution in [2.75, 3.05) is 13.2 Å². The van der Waals surface area contributed by atoms with Gasteiger partial charge in [-0.1, -0.05) is 0 Å². The number of carbonyl (C=O) groups is 1. The summed E-state index contributed by atoms with van der Waals surface area (Å²) in [5.41, 5.74) is 0.254. The average Bonchev–Trinajstić information content (AvgIpc) is 2.27. The van der Waals surface area contributed by atoms with E-state index in [0.29, 0.717) is 19.0 Å². The number of hydrogen-bond acceptors (Lipinski definition) is 3. The van der Waals surface area contributed by atoms with Gasteiger partial charge >= 0.3 is 5.97 Å². The van der Waals surface area contributed by atoms with Crippen LogP contribution in [0.15, 0.2) is 24.3 Å². The van der Waals surface area contributed by atoms with E-state index in [1.807, 2.05) is 13.8 Å². The second-order valence-electron chi connectivity index (χ2n) is 3.42. The quantitative estimate of drug-likeness (QED) is 0.804. The van der Waals surface area contributed by atoms with Crippen LogP contribution in [0.1, 0.15) is 24.2 Å². The van der Waals surface area contributed by atoms with Crippen molar-refractivity contribution in [2.24, 2.45) is 0 Å². The largest absolute Gasteiger partial charge is 0.488 e. The van der Waals surface area contributed by atoms with E-state index in [1.54, 1.807) is 12.1 Å². The molecule has 1 N–H and O–H groups in total. The van der Waals surface area contributed by atoms with Crippen molar-refractivity contribution >= 4 is 5.97 Å². The third-order valence-corrected chi connectivity index (χ3v) is 2.00. The first-order chi connectivity index (χ1) is 7.63. The maximum Gasteiger partial charge on any atom is 0.335 e. The van der Waals surface area contributed by atoms with E-state index in [9.17, 15) is 4.79 Å². The molecule has 0 spiro atoms. The Labute approximate surface area is 94.8 Å². The van der Waals surface area contributed by atoms with Gasteiger partial charge < -0.3 is 14.6 Å². The summed E-state index contributed by atoms with van der Waals surface area (Å²) in [6, 6.07) is 6.33. The van der Waals surface area contributed by atoms with Crippen molar-refractivity contribution in [1.29, 1.82) is 0 Å². The summed E-state index contributed by atoms with van der Waals surface area (Å²) in [6.45, 7) is 5.01. The molecule has 1 rings (SSSR count). The number of benzene rings is 1. The van der Waals surface area contributed by atoms with Crippen LogP contribution in [0.3, 0.4) is 0 Å². The van der Waals surface area contributed by atoms with E-state index < -0.39 is 5.97 Å². The molecule has 0 aromatic heterocycles. The zero-order valence-electron chi connectivity index (χ0n) is 9.47. The van der Waals surface area contributed by atoms with Crippen LogP contribution in [-0.4, -0.2) is 30.4 Å². The highest BCUT2D eigenvalue weighted by Crippen LogP contribution is 2.13. The highest BCUT2D eigenvalue weighted by molar-refractivity contribution is 5.87. The molecule has 0 aliphatic rings. The molecule has 4 heteroatoms. The summed E-state index contributed by atoms with van der Waals surface area (Å²) in [4.78, 5) is 10.6. The Hall–Kier alpha value is -1.55. The Morgan fingerprint density at radius 1 is 1.38 bits per heavy atom. The highest BCUT2D eigenvalue weighted by Gasteiger charge is 2.05. The van der Waals surface area contributed by atoms with Gasteiger partial charge in [0.1, 0.15) is 11.9 Å². The standard InChI is InChI=1S/C12H16O4/c1-3-15-8-9(2)16-11-6-4-10(5-7-11)12(13)14/h4-7,9H,3,8H2,1-2H3,(H,13,14). The molecular weight excluding hydrogens is 208 g/mol. The molecule has 0 radical (unpaired) electrons. The van der Waals surface area contributed by atoms with Crippen LogP contribution in [0.25, 0.3) is 0 Å². The number of aromatic carboxylic acids is 1. The topological polar surface area (TPSA) is 55.8 Å². The van der Waals surface area contributed by atoms with Gasteiger partial charge in [-0.15, -0.1) is 0 Å². The monoisotopic (exact) mass is 224 g/mol. The van der Waals surface area contributed by atoms with Gasteiger partial charge in [-0.2, -0.15) is 0 Å². The van der Waals surface area contributed by atoms with Crippen molar-refractivity contribution in [2.45, 2.75) is 20.0 Å². The smallest absolute Gasteiger partial charge is 0.335 e. The minimum atomic E-state index is -0.936. The molecule has 0 amide bonds. The highest BCUT2D eigenvalue weighted by atomic mass is 16.5. The molecule has 0 saturated carbocycles. The number of hydrogen-bond donors (Lipinski definition) is 1. The van der Waals surface area contributed by atoms with Crippen molar-refractivity contribution in [3.63, 3.8) is 0 Å². The van der Waals surface area contributed by atoms with Gasteiger partial charge in [0.15, 0.2) is 0 Å². The molecule has 1 unspecified atom stereocenters. The normalized spacial score (nSPS) is 12.1. The number of ether oxygens (including phenoxy) is 2. The molecule has 1 aromatic carbocycles. The predicted molar refractivity (Wildman–Crippen MR) is 60.0 cm³/mol. The van der Waals surface area contributed by atoms with Crippen LogP contribution in [0.2, 0.25) is 0 Å². The van der Waals surface area contributed by atoms with E-state index in [1.165, 1.54) is 12.1 Å². The molecule has 88 valence electrons. The summed E-state index contributed by atoms with van der Waals surface area (Å²) in [5, 5.41) is 8.71. The van der Waals surface area contributed by atoms with Crippen LogP contribution >= 0.6 is 0 Å². The third kappa shape index (κ3) is 3.90. The Morgan fingerprint density at radius 3 is 2.50 bits per heavy atom. The maximum atomic E-state index is 10.6. The number of carboxylic acid groups (broad SMARTS) is 1. The molecule has 0 aliphatic heterocycles. The summed E-state index contributed by atoms with van der Waals surface area (Å²) in [7, 11) is 0. The van der Waals surface area contributed by atoms with Crippen LogP contribution in [0.5, 0.6) is 5.75 Å². The summed E-state index contributed by atoms with van der Waals surface area (Å²) in [5.74, 6) is -0.286. The summed E-state index contributed by atoms with van der Waals surface area (Å²) < 4.78 is 10.7. The van der Waals surface area contributed by atoms with Crippen LogP contribution in [-0.2, 0) is 4.74 Å². The van der Waals surface area contributed by atoms with E-state index in [0.717, 1.165) is 0 Å². The molecule has 16 heavy (non-hydrogen) atoms. The summed E-state index contributed by atoms with van der Waals surface area (Å²) in [6.07, 6.45) is -0.0457. The first-order valence-electron chi connectivity index (χ1n) is 5.21. The molecule has 4 nitrogen and oxygen atoms in total. The van der Waals surface area contributed by atoms with Crippen molar-refractivity contribution < 1.29 is 19.4 Å². The first kappa shape index (κ1) is 12.5. The second-order valence-corrected chi connectivity index (χ2v) is 3.42. The third-order valence-electron chi connectivity index (χ3n) is 2.00. The van der Waals surface area contributed by atoms with Crippen LogP contribution < -0.4 is 4.74 Å². The zero-order valence-corrected chi connectivity index (χ0v) is 9.47. The molecular formula is C12H16O4. The van der Waals surface area contributed by atoms with E-state index in [2.05, 4.69) is 0 Å². The number of rotatable bonds is 6. The van der Waals surface area contributed by atoms with E-state index >= 15 is 0 Å². The molecule has 1 atom stereocenters. The van der Waals surface area contributed by atoms with Gasteiger partial charge in [0.2, 0.25) is 0 Å². The minimum Gasteiger partial charge on any atom is -0.488 e. The van der Waals surface area contributed by atoms with Gasteiger partial charge in [-0.3, -0.25) is 0 Å². The molecule has 0 fully saturated rings. The molecule has 0 heterocycles. The molecule has 0 aliphatic carbocycles. The lowest BCUT2D eigenvalue weighted by Crippen LogP contribution is -2.19. The van der Waals surface area contributed by atoms with Crippen LogP contribution in [0, 0.1) is 0 Å². The van der Waals surface area contributed by atoms with Crippen molar-refractivity contribution in [3.8, 4) is 5.75 Å². The van der Waals surface area contributed by atoms with Crippen molar-refractivity contribution in [1.82, 2.24) is 0 Å². The Morgan fingerprint density at radius 2 is 2.00 bits per heavy atom. The van der Waals surface area contributed by atoms with Gasteiger partial charge in [-0.05, 0) is 38.1 Å². The maximum absolute atomic E-state index is 10.6. The average molecular weight is 224 g/mol. The first-order valence-corrected chi connectivity index (χ1v) is 5.21. The van der Waals surface area contributed by atoms with E-state index in [4.69, 9.17) is 14.6 Å². The Balaban J connectivity index is 2.51.